The molecule has 0 spiro atoms. The molecule has 4 heteroatoms. The molecule has 1 atom stereocenters. The highest BCUT2D eigenvalue weighted by Gasteiger charge is 2.34. The third kappa shape index (κ3) is 3.54. The Morgan fingerprint density at radius 2 is 2.05 bits per heavy atom. The maximum Gasteiger partial charge on any atom is 0.147 e. The van der Waals surface area contributed by atoms with E-state index in [1.165, 1.54) is 38.5 Å². The minimum atomic E-state index is 0.709. The van der Waals surface area contributed by atoms with Crippen molar-refractivity contribution in [3.05, 3.63) is 18.1 Å². The summed E-state index contributed by atoms with van der Waals surface area (Å²) in [4.78, 5) is 11.8. The average Bonchev–Trinajstić information content (AvgIpc) is 3.19. The Labute approximate surface area is 128 Å². The fourth-order valence-corrected chi connectivity index (χ4v) is 3.92. The van der Waals surface area contributed by atoms with E-state index >= 15 is 0 Å². The fourth-order valence-electron chi connectivity index (χ4n) is 3.92. The number of nitrogens with zero attached hydrogens (tertiary/aromatic N) is 3. The first-order valence-corrected chi connectivity index (χ1v) is 8.66. The molecule has 116 valence electrons. The van der Waals surface area contributed by atoms with E-state index in [9.17, 15) is 0 Å². The van der Waals surface area contributed by atoms with Gasteiger partial charge in [-0.05, 0) is 44.6 Å². The van der Waals surface area contributed by atoms with Crippen molar-refractivity contribution in [1.29, 1.82) is 0 Å². The van der Waals surface area contributed by atoms with Crippen LogP contribution in [0.2, 0.25) is 0 Å². The summed E-state index contributed by atoms with van der Waals surface area (Å²) in [6, 6.07) is 0.709. The van der Waals surface area contributed by atoms with Crippen molar-refractivity contribution in [3.8, 4) is 0 Å². The molecule has 1 saturated heterocycles. The zero-order chi connectivity index (χ0) is 14.5. The Morgan fingerprint density at radius 3 is 2.86 bits per heavy atom. The lowest BCUT2D eigenvalue weighted by Gasteiger charge is -2.30. The molecule has 2 aliphatic rings. The lowest BCUT2D eigenvalue weighted by molar-refractivity contribution is 0.429. The molecular formula is C17H28N4. The van der Waals surface area contributed by atoms with Crippen LogP contribution in [0.1, 0.15) is 57.6 Å². The summed E-state index contributed by atoms with van der Waals surface area (Å²) in [6.07, 6.45) is 13.3. The summed E-state index contributed by atoms with van der Waals surface area (Å²) in [5, 5.41) is 3.41. The van der Waals surface area contributed by atoms with E-state index in [0.29, 0.717) is 6.04 Å². The van der Waals surface area contributed by atoms with E-state index in [2.05, 4.69) is 22.1 Å². The van der Waals surface area contributed by atoms with Gasteiger partial charge in [-0.15, -0.1) is 0 Å². The van der Waals surface area contributed by atoms with Crippen LogP contribution in [0, 0.1) is 5.92 Å². The molecule has 1 aliphatic heterocycles. The maximum atomic E-state index is 4.85. The van der Waals surface area contributed by atoms with Gasteiger partial charge in [-0.1, -0.05) is 19.8 Å². The molecule has 1 aromatic heterocycles. The summed E-state index contributed by atoms with van der Waals surface area (Å²) in [5.74, 6) is 1.98. The minimum absolute atomic E-state index is 0.709. The van der Waals surface area contributed by atoms with Crippen LogP contribution >= 0.6 is 0 Å². The molecule has 4 nitrogen and oxygen atoms in total. The van der Waals surface area contributed by atoms with Crippen molar-refractivity contribution in [2.24, 2.45) is 5.92 Å². The quantitative estimate of drug-likeness (QED) is 0.817. The van der Waals surface area contributed by atoms with Crippen molar-refractivity contribution in [2.45, 2.75) is 64.5 Å². The molecule has 2 fully saturated rings. The molecule has 1 unspecified atom stereocenters. The van der Waals surface area contributed by atoms with Gasteiger partial charge in [-0.25, -0.2) is 4.98 Å². The molecule has 0 aromatic carbocycles. The second-order valence-corrected chi connectivity index (χ2v) is 6.49. The summed E-state index contributed by atoms with van der Waals surface area (Å²) < 4.78 is 0. The van der Waals surface area contributed by atoms with Crippen LogP contribution in [0.25, 0.3) is 0 Å². The lowest BCUT2D eigenvalue weighted by atomic mass is 9.96. The van der Waals surface area contributed by atoms with Gasteiger partial charge in [0.1, 0.15) is 5.82 Å². The highest BCUT2D eigenvalue weighted by molar-refractivity contribution is 5.39. The highest BCUT2D eigenvalue weighted by Crippen LogP contribution is 2.37. The second-order valence-electron chi connectivity index (χ2n) is 6.49. The van der Waals surface area contributed by atoms with Crippen LogP contribution in [0.5, 0.6) is 0 Å². The second kappa shape index (κ2) is 7.21. The minimum Gasteiger partial charge on any atom is -0.352 e. The normalized spacial score (nSPS) is 23.1. The van der Waals surface area contributed by atoms with Gasteiger partial charge in [0.2, 0.25) is 0 Å². The highest BCUT2D eigenvalue weighted by atomic mass is 15.2. The van der Waals surface area contributed by atoms with Gasteiger partial charge in [0, 0.05) is 25.3 Å². The topological polar surface area (TPSA) is 41.1 Å². The SMILES string of the molecule is CCCNCc1cncc(N2CCCC2C2CCCC2)n1. The number of anilines is 1. The molecular weight excluding hydrogens is 260 g/mol. The Hall–Kier alpha value is -1.16. The molecule has 0 bridgehead atoms. The predicted octanol–water partition coefficient (Wildman–Crippen LogP) is 3.14. The first kappa shape index (κ1) is 14.8. The van der Waals surface area contributed by atoms with Crippen molar-refractivity contribution in [3.63, 3.8) is 0 Å². The zero-order valence-corrected chi connectivity index (χ0v) is 13.2. The van der Waals surface area contributed by atoms with Crippen molar-refractivity contribution >= 4 is 5.82 Å². The molecule has 1 aliphatic carbocycles. The van der Waals surface area contributed by atoms with E-state index in [-0.39, 0.29) is 0 Å². The van der Waals surface area contributed by atoms with E-state index in [1.807, 2.05) is 12.4 Å². The number of aromatic nitrogens is 2. The molecule has 2 heterocycles. The van der Waals surface area contributed by atoms with Gasteiger partial charge >= 0.3 is 0 Å². The van der Waals surface area contributed by atoms with Crippen LogP contribution in [0.3, 0.4) is 0 Å². The van der Waals surface area contributed by atoms with E-state index < -0.39 is 0 Å². The molecule has 1 saturated carbocycles. The van der Waals surface area contributed by atoms with Crippen LogP contribution < -0.4 is 10.2 Å². The Morgan fingerprint density at radius 1 is 1.19 bits per heavy atom. The molecule has 1 aromatic rings. The van der Waals surface area contributed by atoms with Crippen molar-refractivity contribution in [1.82, 2.24) is 15.3 Å². The van der Waals surface area contributed by atoms with Gasteiger partial charge in [-0.3, -0.25) is 4.98 Å². The first-order valence-electron chi connectivity index (χ1n) is 8.66. The van der Waals surface area contributed by atoms with Crippen molar-refractivity contribution in [2.75, 3.05) is 18.0 Å². The van der Waals surface area contributed by atoms with Gasteiger partial charge in [-0.2, -0.15) is 0 Å². The standard InChI is InChI=1S/C17H28N4/c1-2-9-18-11-15-12-19-13-17(20-15)21-10-5-8-16(21)14-6-3-4-7-14/h12-14,16,18H,2-11H2,1H3. The molecule has 0 radical (unpaired) electrons. The van der Waals surface area contributed by atoms with Gasteiger partial charge < -0.3 is 10.2 Å². The van der Waals surface area contributed by atoms with Crippen LogP contribution in [0.15, 0.2) is 12.4 Å². The van der Waals surface area contributed by atoms with Crippen LogP contribution in [-0.4, -0.2) is 29.1 Å². The summed E-state index contributed by atoms with van der Waals surface area (Å²) in [5.41, 5.74) is 1.07. The fraction of sp³-hybridized carbons (Fsp3) is 0.765. The zero-order valence-electron chi connectivity index (χ0n) is 13.2. The number of hydrogen-bond donors (Lipinski definition) is 1. The third-order valence-corrected chi connectivity index (χ3v) is 4.94. The average molecular weight is 288 g/mol. The van der Waals surface area contributed by atoms with E-state index in [0.717, 1.165) is 43.5 Å². The number of hydrogen-bond acceptors (Lipinski definition) is 4. The Balaban J connectivity index is 1.68. The molecule has 0 amide bonds. The maximum absolute atomic E-state index is 4.85. The predicted molar refractivity (Wildman–Crippen MR) is 86.4 cm³/mol. The van der Waals surface area contributed by atoms with Crippen LogP contribution in [-0.2, 0) is 6.54 Å². The van der Waals surface area contributed by atoms with Gasteiger partial charge in [0.15, 0.2) is 0 Å². The monoisotopic (exact) mass is 288 g/mol. The molecule has 21 heavy (non-hydrogen) atoms. The van der Waals surface area contributed by atoms with Crippen LogP contribution in [0.4, 0.5) is 5.82 Å². The van der Waals surface area contributed by atoms with Gasteiger partial charge in [0.05, 0.1) is 11.9 Å². The van der Waals surface area contributed by atoms with E-state index in [4.69, 9.17) is 4.98 Å². The Bertz CT molecular complexity index is 442. The van der Waals surface area contributed by atoms with E-state index in [1.54, 1.807) is 0 Å². The number of nitrogens with one attached hydrogen (secondary N) is 1. The first-order chi connectivity index (χ1) is 10.4. The number of rotatable bonds is 6. The Kier molecular flexibility index (Phi) is 5.07. The lowest BCUT2D eigenvalue weighted by Crippen LogP contribution is -2.35. The third-order valence-electron chi connectivity index (χ3n) is 4.94. The summed E-state index contributed by atoms with van der Waals surface area (Å²) in [6.45, 7) is 5.21. The summed E-state index contributed by atoms with van der Waals surface area (Å²) >= 11 is 0. The molecule has 3 rings (SSSR count). The van der Waals surface area contributed by atoms with Crippen molar-refractivity contribution < 1.29 is 0 Å². The largest absolute Gasteiger partial charge is 0.352 e. The molecule has 1 N–H and O–H groups in total. The smallest absolute Gasteiger partial charge is 0.147 e. The van der Waals surface area contributed by atoms with Gasteiger partial charge in [0.25, 0.3) is 0 Å². The summed E-state index contributed by atoms with van der Waals surface area (Å²) in [7, 11) is 0.